The highest BCUT2D eigenvalue weighted by molar-refractivity contribution is 7.72. The van der Waals surface area contributed by atoms with Gasteiger partial charge in [-0.25, -0.2) is 4.79 Å². The van der Waals surface area contributed by atoms with Crippen molar-refractivity contribution in [3.8, 4) is 0 Å². The van der Waals surface area contributed by atoms with Crippen molar-refractivity contribution >= 4 is 34.0 Å². The lowest BCUT2D eigenvalue weighted by molar-refractivity contribution is -0.308. The fourth-order valence-corrected chi connectivity index (χ4v) is 2.67. The van der Waals surface area contributed by atoms with Crippen LogP contribution in [0.3, 0.4) is 0 Å². The maximum absolute atomic E-state index is 12.4. The molecule has 12 heteroatoms. The summed E-state index contributed by atoms with van der Waals surface area (Å²) in [7, 11) is -0.730. The average molecular weight is 344 g/mol. The summed E-state index contributed by atoms with van der Waals surface area (Å²) >= 11 is 4.61. The van der Waals surface area contributed by atoms with Crippen LogP contribution in [-0.4, -0.2) is 40.7 Å². The maximum atomic E-state index is 12.4. The van der Waals surface area contributed by atoms with Crippen LogP contribution in [0.5, 0.6) is 0 Å². The summed E-state index contributed by atoms with van der Waals surface area (Å²) in [6, 6.07) is -4.99. The Labute approximate surface area is 114 Å². The normalized spacial score (nSPS) is 25.7. The molecule has 2 atom stereocenters. The Bertz CT molecular complexity index is 381. The summed E-state index contributed by atoms with van der Waals surface area (Å²) in [5, 5.41) is 0. The fourth-order valence-electron chi connectivity index (χ4n) is 1.36. The second-order valence-corrected chi connectivity index (χ2v) is 6.16. The second-order valence-electron chi connectivity index (χ2n) is 3.71. The summed E-state index contributed by atoms with van der Waals surface area (Å²) in [5.74, 6) is 0. The van der Waals surface area contributed by atoms with Crippen LogP contribution in [0.4, 0.5) is 22.4 Å². The molecule has 0 saturated carbocycles. The number of alkyl halides is 4. The van der Waals surface area contributed by atoms with Crippen LogP contribution in [0.2, 0.25) is 0 Å². The molecule has 2 fully saturated rings. The molecule has 2 aliphatic heterocycles. The molecule has 1 amide bonds. The number of cyclic esters (lactones) is 1. The third-order valence-corrected chi connectivity index (χ3v) is 4.00. The molecule has 0 aromatic heterocycles. The third-order valence-electron chi connectivity index (χ3n) is 2.30. The molecule has 19 heavy (non-hydrogen) atoms. The molecule has 0 N–H and O–H groups in total. The minimum absolute atomic E-state index is 1.01. The molecule has 2 heterocycles. The first-order chi connectivity index (χ1) is 8.59. The number of amides is 1. The highest BCUT2D eigenvalue weighted by atomic mass is 35.7. The maximum Gasteiger partial charge on any atom is 0.596 e. The van der Waals surface area contributed by atoms with Gasteiger partial charge in [0.05, 0.1) is 0 Å². The molecule has 0 aliphatic carbocycles. The fraction of sp³-hybridized carbons (Fsp3) is 0.857. The zero-order valence-corrected chi connectivity index (χ0v) is 12.2. The van der Waals surface area contributed by atoms with Crippen molar-refractivity contribution in [2.24, 2.45) is 0 Å². The number of carbonyl (C=O) groups is 1. The number of hydrogen-bond acceptors (Lipinski definition) is 4. The van der Waals surface area contributed by atoms with Gasteiger partial charge in [0.25, 0.3) is 0 Å². The van der Waals surface area contributed by atoms with E-state index in [9.17, 15) is 26.9 Å². The monoisotopic (exact) mass is 343 g/mol. The van der Waals surface area contributed by atoms with Crippen LogP contribution in [-0.2, 0) is 9.30 Å². The van der Waals surface area contributed by atoms with E-state index in [0.29, 0.717) is 0 Å². The highest BCUT2D eigenvalue weighted by Crippen LogP contribution is 2.53. The van der Waals surface area contributed by atoms with Gasteiger partial charge in [-0.15, -0.1) is 0 Å². The minimum Gasteiger partial charge on any atom is -0.375 e. The number of hydrogen-bond donors (Lipinski definition) is 0. The first-order valence-electron chi connectivity index (χ1n) is 5.01. The predicted molar refractivity (Wildman–Crippen MR) is 62.2 cm³/mol. The Morgan fingerprint density at radius 2 is 1.74 bits per heavy atom. The van der Waals surface area contributed by atoms with Gasteiger partial charge >= 0.3 is 25.6 Å². The zero-order chi connectivity index (χ0) is 14.8. The number of carbonyl (C=O) groups excluding carboxylic acids is 1. The Balaban J connectivity index is 0.000000250. The summed E-state index contributed by atoms with van der Waals surface area (Å²) in [6.45, 7) is 2.56. The lowest BCUT2D eigenvalue weighted by atomic mass is 10.4. The van der Waals surface area contributed by atoms with Crippen LogP contribution >= 0.6 is 27.9 Å². The number of nitrogens with zero attached hydrogens (tertiary/aromatic N) is 2. The van der Waals surface area contributed by atoms with Gasteiger partial charge in [0.1, 0.15) is 0 Å². The Morgan fingerprint density at radius 1 is 1.26 bits per heavy atom. The van der Waals surface area contributed by atoms with Crippen molar-refractivity contribution < 1.29 is 31.7 Å². The largest absolute Gasteiger partial charge is 0.596 e. The molecule has 2 saturated heterocycles. The molecule has 0 aromatic rings. The lowest BCUT2D eigenvalue weighted by Crippen LogP contribution is -2.43. The van der Waals surface area contributed by atoms with Crippen molar-refractivity contribution in [2.45, 2.75) is 25.0 Å². The van der Waals surface area contributed by atoms with Crippen molar-refractivity contribution in [3.63, 3.8) is 0 Å². The van der Waals surface area contributed by atoms with Crippen molar-refractivity contribution in [1.29, 1.82) is 0 Å². The molecule has 0 spiro atoms. The Hall–Kier alpha value is -0.230. The van der Waals surface area contributed by atoms with Gasteiger partial charge in [0, 0.05) is 17.8 Å². The first kappa shape index (κ1) is 16.8. The molecular weight excluding hydrogens is 333 g/mol. The van der Waals surface area contributed by atoms with E-state index in [1.165, 1.54) is 25.9 Å². The second kappa shape index (κ2) is 6.04. The summed E-state index contributed by atoms with van der Waals surface area (Å²) in [6.07, 6.45) is -4.34. The van der Waals surface area contributed by atoms with Crippen molar-refractivity contribution in [3.05, 3.63) is 0 Å². The third kappa shape index (κ3) is 3.66. The van der Waals surface area contributed by atoms with E-state index in [1.807, 2.05) is 0 Å². The molecule has 2 aliphatic rings. The quantitative estimate of drug-likeness (QED) is 0.416. The van der Waals surface area contributed by atoms with Crippen molar-refractivity contribution in [1.82, 2.24) is 9.34 Å². The van der Waals surface area contributed by atoms with E-state index in [4.69, 9.17) is 0 Å². The zero-order valence-electron chi connectivity index (χ0n) is 9.36. The van der Waals surface area contributed by atoms with E-state index in [0.717, 1.165) is 0 Å². The van der Waals surface area contributed by atoms with Gasteiger partial charge in [-0.1, -0.05) is 9.39 Å². The van der Waals surface area contributed by atoms with E-state index in [1.54, 1.807) is 0 Å². The van der Waals surface area contributed by atoms with Gasteiger partial charge in [-0.2, -0.15) is 17.6 Å². The minimum atomic E-state index is -5.01. The smallest absolute Gasteiger partial charge is 0.375 e. The highest BCUT2D eigenvalue weighted by Gasteiger charge is 2.79. The number of ether oxygens (including phenoxy) is 1. The van der Waals surface area contributed by atoms with Crippen LogP contribution in [0, 0.1) is 0 Å². The van der Waals surface area contributed by atoms with Gasteiger partial charge in [-0.3, -0.25) is 4.67 Å². The molecule has 0 radical (unpaired) electrons. The number of halogens is 5. The SMILES string of the molecule is O=C1OC(F)(F)C(F)(F)N1[P+](=O)Cl.PN1CCCC1. The standard InChI is InChI=1S/C4H10NP.C3ClF4NO3P/c6-5-3-1-2-4-5;4-13(11)9-1(10)12-3(7,8)2(9,5)6/h1-4,6H2;/q;+1. The Kier molecular flexibility index (Phi) is 5.35. The number of rotatable bonds is 1. The molecule has 5 nitrogen and oxygen atoms in total. The van der Waals surface area contributed by atoms with Gasteiger partial charge in [0.2, 0.25) is 11.2 Å². The lowest BCUT2D eigenvalue weighted by Gasteiger charge is -2.13. The average Bonchev–Trinajstić information content (AvgIpc) is 2.72. The van der Waals surface area contributed by atoms with Crippen LogP contribution in [0.15, 0.2) is 0 Å². The van der Waals surface area contributed by atoms with Crippen LogP contribution < -0.4 is 0 Å². The summed E-state index contributed by atoms with van der Waals surface area (Å²) in [4.78, 5) is 10.3. The van der Waals surface area contributed by atoms with Crippen molar-refractivity contribution in [2.75, 3.05) is 13.1 Å². The van der Waals surface area contributed by atoms with Crippen LogP contribution in [0.25, 0.3) is 0 Å². The molecular formula is C7H10ClF4N2O3P2+. The predicted octanol–water partition coefficient (Wildman–Crippen LogP) is 3.39. The molecule has 2 rings (SSSR count). The topological polar surface area (TPSA) is 49.9 Å². The summed E-state index contributed by atoms with van der Waals surface area (Å²) < 4.78 is 63.7. The van der Waals surface area contributed by atoms with E-state index >= 15 is 0 Å². The molecule has 0 bridgehead atoms. The van der Waals surface area contributed by atoms with Gasteiger partial charge < -0.3 is 4.74 Å². The van der Waals surface area contributed by atoms with E-state index < -0.39 is 30.2 Å². The molecule has 2 unspecified atom stereocenters. The van der Waals surface area contributed by atoms with Gasteiger partial charge in [-0.05, 0) is 17.4 Å². The molecule has 110 valence electrons. The summed E-state index contributed by atoms with van der Waals surface area (Å²) in [5.41, 5.74) is 0. The first-order valence-corrected chi connectivity index (χ1v) is 7.64. The van der Waals surface area contributed by atoms with E-state index in [2.05, 4.69) is 30.0 Å². The van der Waals surface area contributed by atoms with Gasteiger partial charge in [0.15, 0.2) is 0 Å². The van der Waals surface area contributed by atoms with E-state index in [-0.39, 0.29) is 0 Å². The molecule has 0 aromatic carbocycles. The Morgan fingerprint density at radius 3 is 1.89 bits per heavy atom. The van der Waals surface area contributed by atoms with Crippen LogP contribution in [0.1, 0.15) is 12.8 Å².